The molecule has 1 aromatic heterocycles. The van der Waals surface area contributed by atoms with Crippen LogP contribution in [-0.4, -0.2) is 4.98 Å². The van der Waals surface area contributed by atoms with Crippen LogP contribution in [0.25, 0.3) is 22.4 Å². The fourth-order valence-electron chi connectivity index (χ4n) is 2.42. The highest BCUT2D eigenvalue weighted by Crippen LogP contribution is 2.27. The van der Waals surface area contributed by atoms with Crippen molar-refractivity contribution in [3.05, 3.63) is 81.1 Å². The van der Waals surface area contributed by atoms with Crippen LogP contribution in [0.2, 0.25) is 5.02 Å². The van der Waals surface area contributed by atoms with Gasteiger partial charge in [0.2, 0.25) is 0 Å². The third-order valence-corrected chi connectivity index (χ3v) is 3.91. The Morgan fingerprint density at radius 1 is 1.00 bits per heavy atom. The summed E-state index contributed by atoms with van der Waals surface area (Å²) < 4.78 is 0. The van der Waals surface area contributed by atoms with E-state index in [1.54, 1.807) is 12.1 Å². The third kappa shape index (κ3) is 3.03. The lowest BCUT2D eigenvalue weighted by molar-refractivity contribution is 1.22. The molecule has 0 amide bonds. The number of hydrogen-bond donors (Lipinski definition) is 1. The summed E-state index contributed by atoms with van der Waals surface area (Å²) in [7, 11) is 0. The van der Waals surface area contributed by atoms with Gasteiger partial charge in [-0.25, -0.2) is 0 Å². The summed E-state index contributed by atoms with van der Waals surface area (Å²) in [6, 6.07) is 18.8. The molecular formula is C19H13ClN2O. The largest absolute Gasteiger partial charge is 0.321 e. The number of aryl methyl sites for hydroxylation is 1. The number of rotatable bonds is 2. The number of hydrogen-bond acceptors (Lipinski definition) is 2. The van der Waals surface area contributed by atoms with Crippen LogP contribution in [0.1, 0.15) is 11.1 Å². The van der Waals surface area contributed by atoms with E-state index in [4.69, 9.17) is 11.6 Å². The van der Waals surface area contributed by atoms with Crippen LogP contribution in [0.4, 0.5) is 0 Å². The molecule has 3 nitrogen and oxygen atoms in total. The van der Waals surface area contributed by atoms with Crippen molar-refractivity contribution in [2.45, 2.75) is 6.92 Å². The Morgan fingerprint density at radius 3 is 2.22 bits per heavy atom. The zero-order valence-electron chi connectivity index (χ0n) is 12.4. The summed E-state index contributed by atoms with van der Waals surface area (Å²) in [6.07, 6.45) is 0. The van der Waals surface area contributed by atoms with Gasteiger partial charge in [-0.3, -0.25) is 4.79 Å². The topological polar surface area (TPSA) is 56.6 Å². The number of nitrogens with zero attached hydrogens (tertiary/aromatic N) is 1. The molecule has 23 heavy (non-hydrogen) atoms. The number of aromatic amines is 1. The van der Waals surface area contributed by atoms with Crippen LogP contribution in [0.15, 0.2) is 59.4 Å². The summed E-state index contributed by atoms with van der Waals surface area (Å²) in [5, 5.41) is 9.95. The number of pyridine rings is 1. The first kappa shape index (κ1) is 15.1. The van der Waals surface area contributed by atoms with Gasteiger partial charge in [0.05, 0.1) is 0 Å². The molecule has 0 aliphatic rings. The lowest BCUT2D eigenvalue weighted by atomic mass is 9.98. The van der Waals surface area contributed by atoms with Gasteiger partial charge < -0.3 is 4.98 Å². The maximum atomic E-state index is 12.3. The Kier molecular flexibility index (Phi) is 4.01. The molecule has 3 rings (SSSR count). The van der Waals surface area contributed by atoms with Crippen LogP contribution in [0.5, 0.6) is 0 Å². The first-order valence-electron chi connectivity index (χ1n) is 7.09. The first-order valence-corrected chi connectivity index (χ1v) is 7.46. The monoisotopic (exact) mass is 320 g/mol. The van der Waals surface area contributed by atoms with E-state index in [2.05, 4.69) is 4.98 Å². The van der Waals surface area contributed by atoms with Gasteiger partial charge in [-0.15, -0.1) is 0 Å². The van der Waals surface area contributed by atoms with Crippen molar-refractivity contribution in [1.29, 1.82) is 5.26 Å². The van der Waals surface area contributed by atoms with Gasteiger partial charge >= 0.3 is 0 Å². The predicted molar refractivity (Wildman–Crippen MR) is 92.4 cm³/mol. The summed E-state index contributed by atoms with van der Waals surface area (Å²) >= 11 is 5.91. The van der Waals surface area contributed by atoms with E-state index in [0.717, 1.165) is 16.7 Å². The SMILES string of the molecule is Cc1ccc(-c2cc(-c3ccc(Cl)cc3)[nH]c(=O)c2C#N)cc1. The lowest BCUT2D eigenvalue weighted by Crippen LogP contribution is -2.12. The molecule has 1 heterocycles. The molecule has 0 unspecified atom stereocenters. The van der Waals surface area contributed by atoms with Gasteiger partial charge in [0, 0.05) is 16.3 Å². The second kappa shape index (κ2) is 6.12. The second-order valence-electron chi connectivity index (χ2n) is 5.29. The molecule has 0 saturated carbocycles. The summed E-state index contributed by atoms with van der Waals surface area (Å²) in [6.45, 7) is 1.99. The Bertz CT molecular complexity index is 949. The van der Waals surface area contributed by atoms with Gasteiger partial charge in [0.1, 0.15) is 11.6 Å². The highest BCUT2D eigenvalue weighted by Gasteiger charge is 2.12. The molecule has 0 aliphatic carbocycles. The molecule has 2 aromatic carbocycles. The number of nitriles is 1. The van der Waals surface area contributed by atoms with E-state index in [1.165, 1.54) is 0 Å². The summed E-state index contributed by atoms with van der Waals surface area (Å²) in [5.41, 5.74) is 3.80. The van der Waals surface area contributed by atoms with E-state index >= 15 is 0 Å². The molecule has 4 heteroatoms. The van der Waals surface area contributed by atoms with Crippen LogP contribution < -0.4 is 5.56 Å². The van der Waals surface area contributed by atoms with Gasteiger partial charge in [0.15, 0.2) is 0 Å². The number of benzene rings is 2. The minimum atomic E-state index is -0.393. The summed E-state index contributed by atoms with van der Waals surface area (Å²) in [4.78, 5) is 15.0. The minimum absolute atomic E-state index is 0.117. The molecule has 0 aliphatic heterocycles. The van der Waals surface area contributed by atoms with E-state index in [-0.39, 0.29) is 5.56 Å². The Balaban J connectivity index is 2.22. The van der Waals surface area contributed by atoms with Gasteiger partial charge in [-0.2, -0.15) is 5.26 Å². The lowest BCUT2D eigenvalue weighted by Gasteiger charge is -2.08. The molecule has 0 spiro atoms. The van der Waals surface area contributed by atoms with Crippen molar-refractivity contribution >= 4 is 11.6 Å². The van der Waals surface area contributed by atoms with E-state index in [1.807, 2.05) is 55.5 Å². The fourth-order valence-corrected chi connectivity index (χ4v) is 2.54. The molecule has 0 radical (unpaired) electrons. The van der Waals surface area contributed by atoms with Crippen molar-refractivity contribution in [3.63, 3.8) is 0 Å². The zero-order chi connectivity index (χ0) is 16.4. The van der Waals surface area contributed by atoms with Crippen molar-refractivity contribution in [2.24, 2.45) is 0 Å². The Morgan fingerprint density at radius 2 is 1.61 bits per heavy atom. The van der Waals surface area contributed by atoms with Crippen LogP contribution in [0.3, 0.4) is 0 Å². The van der Waals surface area contributed by atoms with Crippen molar-refractivity contribution < 1.29 is 0 Å². The number of H-pyrrole nitrogens is 1. The Labute approximate surface area is 138 Å². The molecule has 0 bridgehead atoms. The normalized spacial score (nSPS) is 10.3. The molecule has 0 saturated heterocycles. The first-order chi connectivity index (χ1) is 11.1. The maximum absolute atomic E-state index is 12.3. The van der Waals surface area contributed by atoms with Crippen LogP contribution in [-0.2, 0) is 0 Å². The second-order valence-corrected chi connectivity index (χ2v) is 5.72. The van der Waals surface area contributed by atoms with Crippen molar-refractivity contribution in [3.8, 4) is 28.5 Å². The zero-order valence-corrected chi connectivity index (χ0v) is 13.2. The average molecular weight is 321 g/mol. The van der Waals surface area contributed by atoms with Gasteiger partial charge in [-0.1, -0.05) is 53.6 Å². The van der Waals surface area contributed by atoms with E-state index < -0.39 is 5.56 Å². The van der Waals surface area contributed by atoms with Gasteiger partial charge in [0.25, 0.3) is 5.56 Å². The molecule has 0 atom stereocenters. The highest BCUT2D eigenvalue weighted by molar-refractivity contribution is 6.30. The number of nitrogens with one attached hydrogen (secondary N) is 1. The molecular weight excluding hydrogens is 308 g/mol. The van der Waals surface area contributed by atoms with Crippen LogP contribution >= 0.6 is 11.6 Å². The van der Waals surface area contributed by atoms with Crippen molar-refractivity contribution in [2.75, 3.05) is 0 Å². The highest BCUT2D eigenvalue weighted by atomic mass is 35.5. The Hall–Kier alpha value is -2.83. The van der Waals surface area contributed by atoms with Gasteiger partial charge in [-0.05, 0) is 36.2 Å². The quantitative estimate of drug-likeness (QED) is 0.753. The standard InChI is InChI=1S/C19H13ClN2O/c1-12-2-4-13(5-3-12)16-10-18(22-19(23)17(16)11-21)14-6-8-15(20)9-7-14/h2-10H,1H3,(H,22,23). The van der Waals surface area contributed by atoms with Crippen LogP contribution in [0, 0.1) is 18.3 Å². The van der Waals surface area contributed by atoms with E-state index in [0.29, 0.717) is 16.3 Å². The maximum Gasteiger partial charge on any atom is 0.266 e. The molecule has 1 N–H and O–H groups in total. The fraction of sp³-hybridized carbons (Fsp3) is 0.0526. The number of halogens is 1. The molecule has 0 fully saturated rings. The van der Waals surface area contributed by atoms with Crippen molar-refractivity contribution in [1.82, 2.24) is 4.98 Å². The number of aromatic nitrogens is 1. The summed E-state index contributed by atoms with van der Waals surface area (Å²) in [5.74, 6) is 0. The smallest absolute Gasteiger partial charge is 0.266 e. The van der Waals surface area contributed by atoms with E-state index in [9.17, 15) is 10.1 Å². The predicted octanol–water partition coefficient (Wildman–Crippen LogP) is 4.54. The average Bonchev–Trinajstić information content (AvgIpc) is 2.55. The molecule has 3 aromatic rings. The minimum Gasteiger partial charge on any atom is -0.321 e. The molecule has 112 valence electrons. The third-order valence-electron chi connectivity index (χ3n) is 3.66.